The minimum Gasteiger partial charge on any atom is -0.484 e. The number of carbonyl (C=O) groups excluding carboxylic acids is 1. The number of nitrogens with one attached hydrogen (secondary N) is 2. The Bertz CT molecular complexity index is 1250. The quantitative estimate of drug-likeness (QED) is 0.346. The lowest BCUT2D eigenvalue weighted by Gasteiger charge is -2.10. The van der Waals surface area contributed by atoms with Gasteiger partial charge in [0.1, 0.15) is 5.75 Å². The van der Waals surface area contributed by atoms with Crippen molar-refractivity contribution in [3.8, 4) is 17.0 Å². The summed E-state index contributed by atoms with van der Waals surface area (Å²) in [6.07, 6.45) is 0. The number of rotatable bonds is 6. The van der Waals surface area contributed by atoms with E-state index in [1.54, 1.807) is 0 Å². The summed E-state index contributed by atoms with van der Waals surface area (Å²) >= 11 is 6.67. The van der Waals surface area contributed by atoms with Crippen LogP contribution in [0.5, 0.6) is 5.75 Å². The molecule has 0 saturated heterocycles. The fourth-order valence-corrected chi connectivity index (χ4v) is 4.20. The molecule has 4 rings (SSSR count). The molecule has 0 fully saturated rings. The molecule has 0 unspecified atom stereocenters. The maximum Gasteiger partial charge on any atom is 0.264 e. The second-order valence-electron chi connectivity index (χ2n) is 7.61. The smallest absolute Gasteiger partial charge is 0.264 e. The number of anilines is 1. The molecule has 7 heteroatoms. The molecule has 2 N–H and O–H groups in total. The van der Waals surface area contributed by atoms with Gasteiger partial charge >= 0.3 is 0 Å². The van der Waals surface area contributed by atoms with E-state index in [-0.39, 0.29) is 17.6 Å². The monoisotopic (exact) mass is 461 g/mol. The SMILES string of the molecule is CC(C)c1ccc(OCC(=O)NC(=S)Nc2nc(-c3ccc4ccccc4c3)cs2)cc1. The summed E-state index contributed by atoms with van der Waals surface area (Å²) < 4.78 is 5.54. The van der Waals surface area contributed by atoms with Gasteiger partial charge in [0.05, 0.1) is 5.69 Å². The lowest BCUT2D eigenvalue weighted by atomic mass is 10.0. The molecule has 3 aromatic carbocycles. The summed E-state index contributed by atoms with van der Waals surface area (Å²) in [6, 6.07) is 22.2. The molecule has 162 valence electrons. The van der Waals surface area contributed by atoms with Crippen molar-refractivity contribution in [1.29, 1.82) is 0 Å². The van der Waals surface area contributed by atoms with Crippen molar-refractivity contribution in [3.63, 3.8) is 0 Å². The molecule has 0 saturated carbocycles. The van der Waals surface area contributed by atoms with Crippen molar-refractivity contribution >= 4 is 50.5 Å². The third kappa shape index (κ3) is 5.49. The average molecular weight is 462 g/mol. The van der Waals surface area contributed by atoms with E-state index in [4.69, 9.17) is 17.0 Å². The third-order valence-electron chi connectivity index (χ3n) is 4.94. The maximum atomic E-state index is 12.2. The van der Waals surface area contributed by atoms with Gasteiger partial charge in [0.2, 0.25) is 0 Å². The fraction of sp³-hybridized carbons (Fsp3) is 0.160. The highest BCUT2D eigenvalue weighted by atomic mass is 32.1. The van der Waals surface area contributed by atoms with Crippen molar-refractivity contribution in [3.05, 3.63) is 77.7 Å². The minimum absolute atomic E-state index is 0.122. The molecule has 1 heterocycles. The van der Waals surface area contributed by atoms with Gasteiger partial charge in [-0.25, -0.2) is 4.98 Å². The molecule has 0 bridgehead atoms. The van der Waals surface area contributed by atoms with Crippen molar-refractivity contribution in [2.75, 3.05) is 11.9 Å². The number of benzene rings is 3. The molecule has 0 spiro atoms. The van der Waals surface area contributed by atoms with Crippen LogP contribution in [0.15, 0.2) is 72.1 Å². The zero-order chi connectivity index (χ0) is 22.5. The van der Waals surface area contributed by atoms with E-state index in [1.807, 2.05) is 47.8 Å². The van der Waals surface area contributed by atoms with Crippen LogP contribution in [-0.2, 0) is 4.79 Å². The number of fused-ring (bicyclic) bond motifs is 1. The molecule has 0 radical (unpaired) electrons. The summed E-state index contributed by atoms with van der Waals surface area (Å²) in [5, 5.41) is 10.7. The van der Waals surface area contributed by atoms with Crippen LogP contribution < -0.4 is 15.4 Å². The highest BCUT2D eigenvalue weighted by molar-refractivity contribution is 7.80. The topological polar surface area (TPSA) is 63.2 Å². The molecule has 1 aromatic heterocycles. The van der Waals surface area contributed by atoms with E-state index in [1.165, 1.54) is 22.3 Å². The lowest BCUT2D eigenvalue weighted by molar-refractivity contribution is -0.121. The van der Waals surface area contributed by atoms with E-state index in [0.717, 1.165) is 16.6 Å². The van der Waals surface area contributed by atoms with E-state index in [2.05, 4.69) is 53.7 Å². The van der Waals surface area contributed by atoms with E-state index >= 15 is 0 Å². The number of nitrogens with zero attached hydrogens (tertiary/aromatic N) is 1. The van der Waals surface area contributed by atoms with Gasteiger partial charge in [-0.15, -0.1) is 11.3 Å². The van der Waals surface area contributed by atoms with Crippen LogP contribution in [0.2, 0.25) is 0 Å². The first-order valence-corrected chi connectivity index (χ1v) is 11.5. The number of hydrogen-bond donors (Lipinski definition) is 2. The number of hydrogen-bond acceptors (Lipinski definition) is 5. The first-order chi connectivity index (χ1) is 15.5. The molecule has 5 nitrogen and oxygen atoms in total. The van der Waals surface area contributed by atoms with Gasteiger partial charge in [0.25, 0.3) is 5.91 Å². The van der Waals surface area contributed by atoms with E-state index in [0.29, 0.717) is 16.8 Å². The van der Waals surface area contributed by atoms with Crippen molar-refractivity contribution in [2.24, 2.45) is 0 Å². The summed E-state index contributed by atoms with van der Waals surface area (Å²) in [7, 11) is 0. The minimum atomic E-state index is -0.332. The highest BCUT2D eigenvalue weighted by Crippen LogP contribution is 2.27. The Morgan fingerprint density at radius 2 is 1.81 bits per heavy atom. The highest BCUT2D eigenvalue weighted by Gasteiger charge is 2.10. The standard InChI is InChI=1S/C25H23N3O2S2/c1-16(2)17-9-11-21(12-10-17)30-14-23(29)27-24(31)28-25-26-22(15-32-25)20-8-7-18-5-3-4-6-19(18)13-20/h3-13,15-16H,14H2,1-2H3,(H2,26,27,28,29,31). The molecular formula is C25H23N3O2S2. The lowest BCUT2D eigenvalue weighted by Crippen LogP contribution is -2.37. The molecule has 4 aromatic rings. The van der Waals surface area contributed by atoms with Gasteiger partial charge in [-0.3, -0.25) is 10.1 Å². The first-order valence-electron chi connectivity index (χ1n) is 10.3. The summed E-state index contributed by atoms with van der Waals surface area (Å²) in [6.45, 7) is 4.14. The van der Waals surface area contributed by atoms with Gasteiger partial charge in [0, 0.05) is 10.9 Å². The third-order valence-corrected chi connectivity index (χ3v) is 5.90. The van der Waals surface area contributed by atoms with Gasteiger partial charge < -0.3 is 10.1 Å². The largest absolute Gasteiger partial charge is 0.484 e. The molecule has 0 aliphatic rings. The second kappa shape index (κ2) is 9.89. The Balaban J connectivity index is 1.30. The number of carbonyl (C=O) groups is 1. The summed E-state index contributed by atoms with van der Waals surface area (Å²) in [5.74, 6) is 0.758. The molecule has 0 aliphatic carbocycles. The predicted molar refractivity (Wildman–Crippen MR) is 135 cm³/mol. The normalized spacial score (nSPS) is 10.8. The van der Waals surface area contributed by atoms with Crippen LogP contribution in [0.1, 0.15) is 25.3 Å². The number of thiocarbonyl (C=S) groups is 1. The van der Waals surface area contributed by atoms with Crippen LogP contribution in [0.3, 0.4) is 0 Å². The molecular weight excluding hydrogens is 438 g/mol. The Labute approximate surface area is 196 Å². The zero-order valence-electron chi connectivity index (χ0n) is 17.8. The van der Waals surface area contributed by atoms with E-state index < -0.39 is 0 Å². The average Bonchev–Trinajstić information content (AvgIpc) is 3.26. The molecule has 0 atom stereocenters. The molecule has 1 amide bonds. The van der Waals surface area contributed by atoms with Gasteiger partial charge in [-0.1, -0.05) is 62.4 Å². The Morgan fingerprint density at radius 1 is 1.06 bits per heavy atom. The van der Waals surface area contributed by atoms with Crippen molar-refractivity contribution in [2.45, 2.75) is 19.8 Å². The Kier molecular flexibility index (Phi) is 6.78. The molecule has 32 heavy (non-hydrogen) atoms. The molecule has 0 aliphatic heterocycles. The summed E-state index contributed by atoms with van der Waals surface area (Å²) in [5.41, 5.74) is 3.10. The number of aromatic nitrogens is 1. The van der Waals surface area contributed by atoms with Crippen LogP contribution in [-0.4, -0.2) is 22.6 Å². The van der Waals surface area contributed by atoms with Crippen LogP contribution in [0, 0.1) is 0 Å². The van der Waals surface area contributed by atoms with Crippen molar-refractivity contribution in [1.82, 2.24) is 10.3 Å². The summed E-state index contributed by atoms with van der Waals surface area (Å²) in [4.78, 5) is 16.8. The van der Waals surface area contributed by atoms with Gasteiger partial charge in [-0.2, -0.15) is 0 Å². The predicted octanol–water partition coefficient (Wildman–Crippen LogP) is 5.98. The Hall–Kier alpha value is -3.29. The van der Waals surface area contributed by atoms with E-state index in [9.17, 15) is 4.79 Å². The van der Waals surface area contributed by atoms with Crippen LogP contribution in [0.25, 0.3) is 22.0 Å². The maximum absolute atomic E-state index is 12.2. The van der Waals surface area contributed by atoms with Crippen LogP contribution >= 0.6 is 23.6 Å². The first kappa shape index (κ1) is 21.9. The number of amides is 1. The number of ether oxygens (including phenoxy) is 1. The Morgan fingerprint density at radius 3 is 2.56 bits per heavy atom. The number of thiazole rings is 1. The second-order valence-corrected chi connectivity index (χ2v) is 8.88. The van der Waals surface area contributed by atoms with Gasteiger partial charge in [0.15, 0.2) is 16.9 Å². The van der Waals surface area contributed by atoms with Crippen LogP contribution in [0.4, 0.5) is 5.13 Å². The zero-order valence-corrected chi connectivity index (χ0v) is 19.4. The van der Waals surface area contributed by atoms with Gasteiger partial charge in [-0.05, 0) is 52.7 Å². The fourth-order valence-electron chi connectivity index (χ4n) is 3.20. The van der Waals surface area contributed by atoms with Crippen molar-refractivity contribution < 1.29 is 9.53 Å².